The zero-order valence-corrected chi connectivity index (χ0v) is 14.5. The van der Waals surface area contributed by atoms with Crippen LogP contribution in [0, 0.1) is 5.21 Å². The first-order valence-electron chi connectivity index (χ1n) is 6.82. The van der Waals surface area contributed by atoms with Crippen LogP contribution in [-0.4, -0.2) is 5.21 Å². The van der Waals surface area contributed by atoms with E-state index in [2.05, 4.69) is 10.6 Å². The summed E-state index contributed by atoms with van der Waals surface area (Å²) in [5.41, 5.74) is 1.07. The van der Waals surface area contributed by atoms with Gasteiger partial charge in [0.2, 0.25) is 5.70 Å². The van der Waals surface area contributed by atoms with Crippen molar-refractivity contribution in [3.05, 3.63) is 86.9 Å². The molecule has 0 spiro atoms. The lowest BCUT2D eigenvalue weighted by Gasteiger charge is -2.21. The van der Waals surface area contributed by atoms with Crippen LogP contribution in [0.3, 0.4) is 0 Å². The van der Waals surface area contributed by atoms with Gasteiger partial charge in [0, 0.05) is 11.4 Å². The lowest BCUT2D eigenvalue weighted by Crippen LogP contribution is -3.03. The van der Waals surface area contributed by atoms with E-state index in [0.717, 1.165) is 0 Å². The Morgan fingerprint density at radius 2 is 1.25 bits per heavy atom. The fourth-order valence-corrected chi connectivity index (χ4v) is 2.26. The minimum absolute atomic E-state index is 0.142. The Morgan fingerprint density at radius 3 is 1.58 bits per heavy atom. The molecule has 0 aromatic heterocycles. The molecule has 0 saturated heterocycles. The van der Waals surface area contributed by atoms with Gasteiger partial charge in [-0.05, 0) is 24.3 Å². The van der Waals surface area contributed by atoms with E-state index in [1.54, 1.807) is 24.3 Å². The summed E-state index contributed by atoms with van der Waals surface area (Å²) in [7, 11) is 0. The largest absolute Gasteiger partial charge is 0.595 e. The molecule has 1 unspecified atom stereocenters. The number of hydrogen-bond donors (Lipinski definition) is 4. The predicted molar refractivity (Wildman–Crippen MR) is 97.9 cm³/mol. The van der Waals surface area contributed by atoms with E-state index in [9.17, 15) is 10.4 Å². The molecule has 0 aliphatic heterocycles. The standard InChI is InChI=1S/C16H14Cl3N3O2/c17-13(15(18)19)14(22(23)24)16(20-11-7-3-1-4-8-11)21-12-9-5-2-6-10-12/h1-10,20-23H. The van der Waals surface area contributed by atoms with E-state index in [-0.39, 0.29) is 21.0 Å². The van der Waals surface area contributed by atoms with E-state index in [4.69, 9.17) is 34.8 Å². The first-order chi connectivity index (χ1) is 11.5. The summed E-state index contributed by atoms with van der Waals surface area (Å²) in [6.07, 6.45) is 0. The minimum Gasteiger partial charge on any atom is -0.595 e. The van der Waals surface area contributed by atoms with E-state index in [1.807, 2.05) is 36.4 Å². The Bertz CT molecular complexity index is 687. The summed E-state index contributed by atoms with van der Waals surface area (Å²) in [5.74, 6) is 0.142. The van der Waals surface area contributed by atoms with Crippen LogP contribution in [0.25, 0.3) is 0 Å². The fourth-order valence-electron chi connectivity index (χ4n) is 1.89. The molecule has 0 saturated carbocycles. The van der Waals surface area contributed by atoms with Gasteiger partial charge in [-0.15, -0.1) is 0 Å². The molecule has 126 valence electrons. The molecule has 1 atom stereocenters. The van der Waals surface area contributed by atoms with Gasteiger partial charge in [0.25, 0.3) is 0 Å². The molecule has 0 fully saturated rings. The van der Waals surface area contributed by atoms with Crippen molar-refractivity contribution in [3.63, 3.8) is 0 Å². The Morgan fingerprint density at radius 1 is 0.833 bits per heavy atom. The molecule has 0 heterocycles. The van der Waals surface area contributed by atoms with Crippen molar-refractivity contribution in [2.45, 2.75) is 0 Å². The highest BCUT2D eigenvalue weighted by molar-refractivity contribution is 6.59. The third-order valence-corrected chi connectivity index (χ3v) is 3.88. The number of hydrogen-bond acceptors (Lipinski definition) is 4. The molecule has 2 aromatic rings. The van der Waals surface area contributed by atoms with Gasteiger partial charge in [-0.3, -0.25) is 0 Å². The highest BCUT2D eigenvalue weighted by atomic mass is 35.5. The van der Waals surface area contributed by atoms with Crippen LogP contribution in [0.15, 0.2) is 81.7 Å². The van der Waals surface area contributed by atoms with Crippen LogP contribution in [0.2, 0.25) is 0 Å². The Balaban J connectivity index is 2.50. The lowest BCUT2D eigenvalue weighted by atomic mass is 10.3. The highest BCUT2D eigenvalue weighted by Gasteiger charge is 2.21. The average molecular weight is 387 g/mol. The second-order valence-electron chi connectivity index (χ2n) is 4.61. The Labute approximate surface area is 154 Å². The molecule has 2 aromatic carbocycles. The van der Waals surface area contributed by atoms with Gasteiger partial charge in [0.05, 0.1) is 0 Å². The van der Waals surface area contributed by atoms with Crippen LogP contribution in [0.5, 0.6) is 0 Å². The number of nitrogens with one attached hydrogen (secondary N) is 3. The minimum atomic E-state index is -1.28. The Kier molecular flexibility index (Phi) is 6.93. The van der Waals surface area contributed by atoms with E-state index in [0.29, 0.717) is 11.4 Å². The number of anilines is 2. The van der Waals surface area contributed by atoms with E-state index in [1.165, 1.54) is 0 Å². The molecule has 24 heavy (non-hydrogen) atoms. The first kappa shape index (κ1) is 18.6. The second-order valence-corrected chi connectivity index (χ2v) is 5.94. The van der Waals surface area contributed by atoms with Crippen LogP contribution < -0.4 is 15.9 Å². The predicted octanol–water partition coefficient (Wildman–Crippen LogP) is 4.04. The van der Waals surface area contributed by atoms with Crippen LogP contribution >= 0.6 is 34.8 Å². The summed E-state index contributed by atoms with van der Waals surface area (Å²) in [6, 6.07) is 18.1. The van der Waals surface area contributed by atoms with Crippen molar-refractivity contribution in [1.82, 2.24) is 0 Å². The maximum Gasteiger partial charge on any atom is 0.226 e. The third-order valence-electron chi connectivity index (χ3n) is 2.94. The molecule has 0 aliphatic carbocycles. The summed E-state index contributed by atoms with van der Waals surface area (Å²) < 4.78 is -0.337. The normalized spacial score (nSPS) is 11.4. The first-order valence-corrected chi connectivity index (χ1v) is 7.95. The summed E-state index contributed by atoms with van der Waals surface area (Å²) in [4.78, 5) is 0. The monoisotopic (exact) mass is 385 g/mol. The third kappa shape index (κ3) is 5.14. The van der Waals surface area contributed by atoms with Gasteiger partial charge in [0.1, 0.15) is 9.52 Å². The van der Waals surface area contributed by atoms with Crippen LogP contribution in [-0.2, 0) is 0 Å². The smallest absolute Gasteiger partial charge is 0.226 e. The van der Waals surface area contributed by atoms with Gasteiger partial charge in [-0.25, -0.2) is 5.21 Å². The van der Waals surface area contributed by atoms with Gasteiger partial charge in [-0.1, -0.05) is 71.2 Å². The number of benzene rings is 2. The number of halogens is 3. The zero-order valence-electron chi connectivity index (χ0n) is 12.3. The summed E-state index contributed by atoms with van der Waals surface area (Å²) in [5, 5.41) is 25.7. The van der Waals surface area contributed by atoms with Crippen LogP contribution in [0.1, 0.15) is 0 Å². The van der Waals surface area contributed by atoms with Crippen LogP contribution in [0.4, 0.5) is 11.4 Å². The van der Waals surface area contributed by atoms with Crippen molar-refractivity contribution in [3.8, 4) is 0 Å². The van der Waals surface area contributed by atoms with Crippen molar-refractivity contribution in [2.24, 2.45) is 0 Å². The Hall–Kier alpha value is -1.73. The maximum absolute atomic E-state index is 11.7. The molecule has 0 aliphatic rings. The molecule has 8 heteroatoms. The van der Waals surface area contributed by atoms with Crippen molar-refractivity contribution in [2.75, 3.05) is 10.6 Å². The summed E-state index contributed by atoms with van der Waals surface area (Å²) in [6.45, 7) is 0. The number of hydroxylamine groups is 2. The molecule has 0 radical (unpaired) electrons. The van der Waals surface area contributed by atoms with Gasteiger partial charge >= 0.3 is 0 Å². The molecular weight excluding hydrogens is 373 g/mol. The molecular formula is C16H14Cl3N3O2. The number of quaternary nitrogens is 1. The van der Waals surface area contributed by atoms with Gasteiger partial charge in [-0.2, -0.15) is 5.23 Å². The van der Waals surface area contributed by atoms with E-state index < -0.39 is 5.23 Å². The lowest BCUT2D eigenvalue weighted by molar-refractivity contribution is -1.01. The number of rotatable bonds is 6. The second kappa shape index (κ2) is 8.94. The molecule has 5 nitrogen and oxygen atoms in total. The SMILES string of the molecule is [O-][NH+](O)C(=C(Nc1ccccc1)Nc1ccccc1)C(Cl)=C(Cl)Cl. The van der Waals surface area contributed by atoms with Crippen molar-refractivity contribution >= 4 is 46.2 Å². The van der Waals surface area contributed by atoms with Gasteiger partial charge < -0.3 is 15.8 Å². The number of para-hydroxylation sites is 2. The topological polar surface area (TPSA) is 71.8 Å². The van der Waals surface area contributed by atoms with E-state index >= 15 is 0 Å². The molecule has 0 bridgehead atoms. The number of allylic oxidation sites excluding steroid dienone is 1. The van der Waals surface area contributed by atoms with Crippen molar-refractivity contribution in [1.29, 1.82) is 0 Å². The average Bonchev–Trinajstić information content (AvgIpc) is 2.56. The van der Waals surface area contributed by atoms with Crippen molar-refractivity contribution < 1.29 is 10.4 Å². The fraction of sp³-hybridized carbons (Fsp3) is 0. The quantitative estimate of drug-likeness (QED) is 0.447. The molecule has 2 rings (SSSR count). The molecule has 0 amide bonds. The summed E-state index contributed by atoms with van der Waals surface area (Å²) >= 11 is 17.4. The van der Waals surface area contributed by atoms with Gasteiger partial charge in [0.15, 0.2) is 5.82 Å². The molecule has 4 N–H and O–H groups in total. The zero-order chi connectivity index (χ0) is 17.5. The highest BCUT2D eigenvalue weighted by Crippen LogP contribution is 2.25. The maximum atomic E-state index is 11.7.